The molecule has 0 heterocycles. The van der Waals surface area contributed by atoms with Gasteiger partial charge in [0, 0.05) is 12.6 Å². The van der Waals surface area contributed by atoms with Gasteiger partial charge in [-0.05, 0) is 62.3 Å². The van der Waals surface area contributed by atoms with Gasteiger partial charge in [-0.1, -0.05) is 6.07 Å². The van der Waals surface area contributed by atoms with Crippen LogP contribution in [0, 0.1) is 11.7 Å². The standard InChI is InChI=1S/C15H21FN2/c16-14-9-11(7-8-17)3-6-15(14)18(13-4-5-13)10-12-1-2-12/h3,6,9,12-13H,1-2,4-5,7-8,10,17H2. The van der Waals surface area contributed by atoms with Gasteiger partial charge in [-0.3, -0.25) is 0 Å². The van der Waals surface area contributed by atoms with E-state index in [1.807, 2.05) is 12.1 Å². The molecule has 0 radical (unpaired) electrons. The fraction of sp³-hybridized carbons (Fsp3) is 0.600. The van der Waals surface area contributed by atoms with Gasteiger partial charge in [0.15, 0.2) is 0 Å². The lowest BCUT2D eigenvalue weighted by Crippen LogP contribution is -2.28. The van der Waals surface area contributed by atoms with Crippen LogP contribution in [0.2, 0.25) is 0 Å². The molecule has 18 heavy (non-hydrogen) atoms. The van der Waals surface area contributed by atoms with E-state index in [2.05, 4.69) is 4.90 Å². The summed E-state index contributed by atoms with van der Waals surface area (Å²) in [5.74, 6) is 0.724. The van der Waals surface area contributed by atoms with Crippen LogP contribution in [-0.4, -0.2) is 19.1 Å². The molecule has 2 nitrogen and oxygen atoms in total. The third kappa shape index (κ3) is 2.66. The summed E-state index contributed by atoms with van der Waals surface area (Å²) in [6.07, 6.45) is 5.82. The topological polar surface area (TPSA) is 29.3 Å². The van der Waals surface area contributed by atoms with Crippen molar-refractivity contribution < 1.29 is 4.39 Å². The van der Waals surface area contributed by atoms with Crippen molar-refractivity contribution in [2.75, 3.05) is 18.0 Å². The van der Waals surface area contributed by atoms with Crippen molar-refractivity contribution in [3.63, 3.8) is 0 Å². The van der Waals surface area contributed by atoms with Gasteiger partial charge >= 0.3 is 0 Å². The molecule has 0 aliphatic heterocycles. The van der Waals surface area contributed by atoms with Gasteiger partial charge in [-0.25, -0.2) is 4.39 Å². The highest BCUT2D eigenvalue weighted by atomic mass is 19.1. The Hall–Kier alpha value is -1.09. The van der Waals surface area contributed by atoms with Crippen LogP contribution in [0.25, 0.3) is 0 Å². The Morgan fingerprint density at radius 2 is 2.00 bits per heavy atom. The minimum absolute atomic E-state index is 0.0755. The molecule has 1 aromatic rings. The predicted molar refractivity (Wildman–Crippen MR) is 72.3 cm³/mol. The Morgan fingerprint density at radius 3 is 2.56 bits per heavy atom. The minimum atomic E-state index is -0.0755. The first kappa shape index (κ1) is 12.0. The van der Waals surface area contributed by atoms with Crippen molar-refractivity contribution in [2.24, 2.45) is 11.7 Å². The second kappa shape index (κ2) is 4.88. The van der Waals surface area contributed by atoms with E-state index < -0.39 is 0 Å². The average molecular weight is 248 g/mol. The molecule has 2 aliphatic rings. The van der Waals surface area contributed by atoms with Crippen LogP contribution in [0.4, 0.5) is 10.1 Å². The summed E-state index contributed by atoms with van der Waals surface area (Å²) in [7, 11) is 0. The normalized spacial score (nSPS) is 19.0. The zero-order valence-corrected chi connectivity index (χ0v) is 10.7. The summed E-state index contributed by atoms with van der Waals surface area (Å²) in [4.78, 5) is 2.29. The molecule has 2 N–H and O–H groups in total. The van der Waals surface area contributed by atoms with Crippen LogP contribution in [0.3, 0.4) is 0 Å². The number of rotatable bonds is 6. The molecule has 0 atom stereocenters. The number of halogens is 1. The van der Waals surface area contributed by atoms with Gasteiger partial charge in [-0.15, -0.1) is 0 Å². The van der Waals surface area contributed by atoms with Crippen molar-refractivity contribution in [1.82, 2.24) is 0 Å². The summed E-state index contributed by atoms with van der Waals surface area (Å²) in [5.41, 5.74) is 7.31. The lowest BCUT2D eigenvalue weighted by Gasteiger charge is -2.25. The fourth-order valence-electron chi connectivity index (χ4n) is 2.51. The van der Waals surface area contributed by atoms with Crippen molar-refractivity contribution in [1.29, 1.82) is 0 Å². The fourth-order valence-corrected chi connectivity index (χ4v) is 2.51. The molecule has 0 unspecified atom stereocenters. The smallest absolute Gasteiger partial charge is 0.146 e. The SMILES string of the molecule is NCCc1ccc(N(CC2CC2)C2CC2)c(F)c1. The number of nitrogens with two attached hydrogens (primary N) is 1. The Balaban J connectivity index is 1.79. The van der Waals surface area contributed by atoms with E-state index in [1.54, 1.807) is 6.07 Å². The van der Waals surface area contributed by atoms with E-state index in [0.29, 0.717) is 12.6 Å². The Morgan fingerprint density at radius 1 is 1.22 bits per heavy atom. The highest BCUT2D eigenvalue weighted by Crippen LogP contribution is 2.38. The maximum absolute atomic E-state index is 14.2. The van der Waals surface area contributed by atoms with E-state index >= 15 is 0 Å². The quantitative estimate of drug-likeness (QED) is 0.838. The summed E-state index contributed by atoms with van der Waals surface area (Å²) >= 11 is 0. The Bertz CT molecular complexity index is 425. The first-order chi connectivity index (χ1) is 8.78. The van der Waals surface area contributed by atoms with Crippen LogP contribution in [0.15, 0.2) is 18.2 Å². The highest BCUT2D eigenvalue weighted by molar-refractivity contribution is 5.51. The second-order valence-electron chi connectivity index (χ2n) is 5.65. The van der Waals surface area contributed by atoms with E-state index in [-0.39, 0.29) is 5.82 Å². The second-order valence-corrected chi connectivity index (χ2v) is 5.65. The van der Waals surface area contributed by atoms with Crippen molar-refractivity contribution in [3.8, 4) is 0 Å². The molecule has 0 spiro atoms. The number of benzene rings is 1. The van der Waals surface area contributed by atoms with Gasteiger partial charge in [0.1, 0.15) is 5.82 Å². The van der Waals surface area contributed by atoms with E-state index in [9.17, 15) is 4.39 Å². The summed E-state index contributed by atoms with van der Waals surface area (Å²) in [6.45, 7) is 1.62. The van der Waals surface area contributed by atoms with Gasteiger partial charge in [0.2, 0.25) is 0 Å². The van der Waals surface area contributed by atoms with E-state index in [4.69, 9.17) is 5.73 Å². The van der Waals surface area contributed by atoms with Crippen LogP contribution in [0.5, 0.6) is 0 Å². The zero-order valence-electron chi connectivity index (χ0n) is 10.7. The molecule has 2 fully saturated rings. The number of nitrogens with zero attached hydrogens (tertiary/aromatic N) is 1. The maximum Gasteiger partial charge on any atom is 0.146 e. The molecule has 0 amide bonds. The predicted octanol–water partition coefficient (Wildman–Crippen LogP) is 2.71. The molecule has 2 saturated carbocycles. The van der Waals surface area contributed by atoms with Crippen LogP contribution in [0.1, 0.15) is 31.2 Å². The van der Waals surface area contributed by atoms with E-state index in [0.717, 1.165) is 30.1 Å². The van der Waals surface area contributed by atoms with Gasteiger partial charge in [0.05, 0.1) is 5.69 Å². The van der Waals surface area contributed by atoms with Gasteiger partial charge < -0.3 is 10.6 Å². The largest absolute Gasteiger partial charge is 0.366 e. The first-order valence-corrected chi connectivity index (χ1v) is 7.03. The summed E-state index contributed by atoms with van der Waals surface area (Å²) in [6, 6.07) is 6.21. The Labute approximate surface area is 108 Å². The lowest BCUT2D eigenvalue weighted by atomic mass is 10.1. The number of hydrogen-bond donors (Lipinski definition) is 1. The minimum Gasteiger partial charge on any atom is -0.366 e. The zero-order chi connectivity index (χ0) is 12.5. The molecular weight excluding hydrogens is 227 g/mol. The number of hydrogen-bond acceptors (Lipinski definition) is 2. The van der Waals surface area contributed by atoms with Crippen molar-refractivity contribution in [2.45, 2.75) is 38.1 Å². The molecule has 0 aromatic heterocycles. The van der Waals surface area contributed by atoms with Crippen LogP contribution < -0.4 is 10.6 Å². The monoisotopic (exact) mass is 248 g/mol. The van der Waals surface area contributed by atoms with E-state index in [1.165, 1.54) is 25.7 Å². The molecule has 3 heteroatoms. The molecule has 2 aliphatic carbocycles. The number of anilines is 1. The third-order valence-electron chi connectivity index (χ3n) is 3.89. The molecule has 1 aromatic carbocycles. The molecule has 0 saturated heterocycles. The molecule has 3 rings (SSSR count). The average Bonchev–Trinajstić information content (AvgIpc) is 3.21. The van der Waals surface area contributed by atoms with Gasteiger partial charge in [0.25, 0.3) is 0 Å². The maximum atomic E-state index is 14.2. The highest BCUT2D eigenvalue weighted by Gasteiger charge is 2.34. The third-order valence-corrected chi connectivity index (χ3v) is 3.89. The van der Waals surface area contributed by atoms with Crippen LogP contribution in [-0.2, 0) is 6.42 Å². The van der Waals surface area contributed by atoms with Gasteiger partial charge in [-0.2, -0.15) is 0 Å². The molecule has 98 valence electrons. The van der Waals surface area contributed by atoms with Crippen molar-refractivity contribution in [3.05, 3.63) is 29.6 Å². The summed E-state index contributed by atoms with van der Waals surface area (Å²) < 4.78 is 14.2. The summed E-state index contributed by atoms with van der Waals surface area (Å²) in [5, 5.41) is 0. The van der Waals surface area contributed by atoms with Crippen molar-refractivity contribution >= 4 is 5.69 Å². The molecule has 0 bridgehead atoms. The Kier molecular flexibility index (Phi) is 3.25. The molecular formula is C15H21FN2. The first-order valence-electron chi connectivity index (χ1n) is 7.03. The lowest BCUT2D eigenvalue weighted by molar-refractivity contribution is 0.607. The van der Waals surface area contributed by atoms with Crippen LogP contribution >= 0.6 is 0 Å².